The third-order valence-electron chi connectivity index (χ3n) is 3.24. The van der Waals surface area contributed by atoms with Crippen LogP contribution in [-0.2, 0) is 13.1 Å². The molecule has 0 saturated carbocycles. The Hall–Kier alpha value is -2.00. The molecule has 3 nitrogen and oxygen atoms in total. The molecule has 18 heavy (non-hydrogen) atoms. The zero-order chi connectivity index (χ0) is 12.5. The van der Waals surface area contributed by atoms with E-state index in [1.165, 1.54) is 11.1 Å². The van der Waals surface area contributed by atoms with E-state index in [0.717, 1.165) is 24.2 Å². The van der Waals surface area contributed by atoms with E-state index >= 15 is 0 Å². The van der Waals surface area contributed by atoms with Gasteiger partial charge in [0.1, 0.15) is 0 Å². The van der Waals surface area contributed by atoms with E-state index in [9.17, 15) is 4.79 Å². The summed E-state index contributed by atoms with van der Waals surface area (Å²) >= 11 is 0. The van der Waals surface area contributed by atoms with Crippen molar-refractivity contribution in [1.82, 2.24) is 10.3 Å². The third kappa shape index (κ3) is 1.93. The fourth-order valence-electron chi connectivity index (χ4n) is 2.28. The van der Waals surface area contributed by atoms with Crippen LogP contribution in [-0.4, -0.2) is 10.8 Å². The van der Waals surface area contributed by atoms with Gasteiger partial charge in [-0.15, -0.1) is 0 Å². The van der Waals surface area contributed by atoms with Gasteiger partial charge in [0.25, 0.3) is 0 Å². The minimum absolute atomic E-state index is 0.0425. The van der Waals surface area contributed by atoms with E-state index in [1.54, 1.807) is 12.4 Å². The summed E-state index contributed by atoms with van der Waals surface area (Å²) in [6, 6.07) is 7.79. The van der Waals surface area contributed by atoms with E-state index in [0.29, 0.717) is 5.56 Å². The van der Waals surface area contributed by atoms with Crippen molar-refractivity contribution in [2.45, 2.75) is 20.0 Å². The molecular weight excluding hydrogens is 224 g/mol. The standard InChI is InChI=1S/C15H14N2O/c1-10-4-14(9-16-6-10)15(18)11-2-3-12-7-17-8-13(12)5-11/h2-6,9,17H,7-8H2,1H3. The van der Waals surface area contributed by atoms with Crippen LogP contribution in [0.5, 0.6) is 0 Å². The van der Waals surface area contributed by atoms with Gasteiger partial charge in [0.2, 0.25) is 0 Å². The molecule has 0 unspecified atom stereocenters. The van der Waals surface area contributed by atoms with Gasteiger partial charge in [-0.1, -0.05) is 12.1 Å². The van der Waals surface area contributed by atoms with Gasteiger partial charge >= 0.3 is 0 Å². The van der Waals surface area contributed by atoms with E-state index in [4.69, 9.17) is 0 Å². The number of benzene rings is 1. The first-order valence-electron chi connectivity index (χ1n) is 6.03. The topological polar surface area (TPSA) is 42.0 Å². The average molecular weight is 238 g/mol. The van der Waals surface area contributed by atoms with Crippen LogP contribution in [0, 0.1) is 6.92 Å². The average Bonchev–Trinajstić information content (AvgIpc) is 2.85. The van der Waals surface area contributed by atoms with Crippen molar-refractivity contribution < 1.29 is 4.79 Å². The van der Waals surface area contributed by atoms with Crippen molar-refractivity contribution in [2.24, 2.45) is 0 Å². The molecule has 0 radical (unpaired) electrons. The Morgan fingerprint density at radius 1 is 1.11 bits per heavy atom. The molecule has 0 spiro atoms. The molecule has 1 N–H and O–H groups in total. The number of rotatable bonds is 2. The molecule has 90 valence electrons. The van der Waals surface area contributed by atoms with Crippen molar-refractivity contribution in [3.63, 3.8) is 0 Å². The largest absolute Gasteiger partial charge is 0.309 e. The molecule has 0 fully saturated rings. The van der Waals surface area contributed by atoms with Crippen molar-refractivity contribution in [3.05, 3.63) is 64.5 Å². The van der Waals surface area contributed by atoms with Gasteiger partial charge in [0.05, 0.1) is 0 Å². The molecule has 0 aliphatic carbocycles. The van der Waals surface area contributed by atoms with E-state index in [-0.39, 0.29) is 5.78 Å². The van der Waals surface area contributed by atoms with Gasteiger partial charge in [0, 0.05) is 36.6 Å². The monoisotopic (exact) mass is 238 g/mol. The Labute approximate surface area is 106 Å². The maximum atomic E-state index is 12.3. The van der Waals surface area contributed by atoms with Crippen molar-refractivity contribution in [3.8, 4) is 0 Å². The lowest BCUT2D eigenvalue weighted by molar-refractivity contribution is 0.103. The lowest BCUT2D eigenvalue weighted by Gasteiger charge is -2.04. The molecular formula is C15H14N2O. The summed E-state index contributed by atoms with van der Waals surface area (Å²) < 4.78 is 0. The van der Waals surface area contributed by atoms with Crippen LogP contribution >= 0.6 is 0 Å². The highest BCUT2D eigenvalue weighted by Gasteiger charge is 2.14. The minimum atomic E-state index is 0.0425. The summed E-state index contributed by atoms with van der Waals surface area (Å²) in [5.41, 5.74) is 4.91. The molecule has 3 heteroatoms. The minimum Gasteiger partial charge on any atom is -0.309 e. The lowest BCUT2D eigenvalue weighted by atomic mass is 10.00. The predicted molar refractivity (Wildman–Crippen MR) is 69.4 cm³/mol. The summed E-state index contributed by atoms with van der Waals surface area (Å²) in [4.78, 5) is 16.4. The SMILES string of the molecule is Cc1cncc(C(=O)c2ccc3c(c2)CNC3)c1. The van der Waals surface area contributed by atoms with Gasteiger partial charge in [-0.2, -0.15) is 0 Å². The maximum absolute atomic E-state index is 12.3. The Bertz CT molecular complexity index is 620. The zero-order valence-corrected chi connectivity index (χ0v) is 10.2. The van der Waals surface area contributed by atoms with Crippen LogP contribution in [0.3, 0.4) is 0 Å². The Balaban J connectivity index is 1.98. The molecule has 0 atom stereocenters. The summed E-state index contributed by atoms with van der Waals surface area (Å²) in [5.74, 6) is 0.0425. The van der Waals surface area contributed by atoms with Gasteiger partial charge in [-0.05, 0) is 35.7 Å². The Kier molecular flexibility index (Phi) is 2.68. The molecule has 2 heterocycles. The van der Waals surface area contributed by atoms with Gasteiger partial charge in [0.15, 0.2) is 5.78 Å². The molecule has 3 rings (SSSR count). The Morgan fingerprint density at radius 2 is 1.94 bits per heavy atom. The van der Waals surface area contributed by atoms with E-state index in [1.807, 2.05) is 31.2 Å². The highest BCUT2D eigenvalue weighted by atomic mass is 16.1. The van der Waals surface area contributed by atoms with E-state index in [2.05, 4.69) is 10.3 Å². The van der Waals surface area contributed by atoms with Crippen LogP contribution in [0.4, 0.5) is 0 Å². The van der Waals surface area contributed by atoms with Gasteiger partial charge < -0.3 is 5.32 Å². The number of hydrogen-bond acceptors (Lipinski definition) is 3. The fourth-order valence-corrected chi connectivity index (χ4v) is 2.28. The molecule has 0 amide bonds. The lowest BCUT2D eigenvalue weighted by Crippen LogP contribution is -2.03. The number of aryl methyl sites for hydroxylation is 1. The molecule has 2 aromatic rings. The first-order valence-corrected chi connectivity index (χ1v) is 6.03. The third-order valence-corrected chi connectivity index (χ3v) is 3.24. The first-order chi connectivity index (χ1) is 8.74. The van der Waals surface area contributed by atoms with Gasteiger partial charge in [-0.25, -0.2) is 0 Å². The zero-order valence-electron chi connectivity index (χ0n) is 10.2. The molecule has 1 aromatic heterocycles. The molecule has 1 aliphatic rings. The van der Waals surface area contributed by atoms with Crippen LogP contribution in [0.15, 0.2) is 36.7 Å². The second kappa shape index (κ2) is 4.35. The summed E-state index contributed by atoms with van der Waals surface area (Å²) in [6.45, 7) is 3.69. The van der Waals surface area contributed by atoms with Crippen LogP contribution < -0.4 is 5.32 Å². The van der Waals surface area contributed by atoms with Gasteiger partial charge in [-0.3, -0.25) is 9.78 Å². The van der Waals surface area contributed by atoms with Crippen molar-refractivity contribution >= 4 is 5.78 Å². The quantitative estimate of drug-likeness (QED) is 0.816. The van der Waals surface area contributed by atoms with Crippen LogP contribution in [0.25, 0.3) is 0 Å². The molecule has 0 bridgehead atoms. The maximum Gasteiger partial charge on any atom is 0.194 e. The summed E-state index contributed by atoms with van der Waals surface area (Å²) in [6.07, 6.45) is 3.38. The highest BCUT2D eigenvalue weighted by molar-refractivity contribution is 6.09. The van der Waals surface area contributed by atoms with Crippen LogP contribution in [0.2, 0.25) is 0 Å². The van der Waals surface area contributed by atoms with Crippen LogP contribution in [0.1, 0.15) is 32.6 Å². The predicted octanol–water partition coefficient (Wildman–Crippen LogP) is 2.22. The number of carbonyl (C=O) groups is 1. The number of carbonyl (C=O) groups excluding carboxylic acids is 1. The number of hydrogen-bond donors (Lipinski definition) is 1. The normalized spacial score (nSPS) is 13.4. The number of nitrogens with zero attached hydrogens (tertiary/aromatic N) is 1. The summed E-state index contributed by atoms with van der Waals surface area (Å²) in [5, 5.41) is 3.28. The fraction of sp³-hybridized carbons (Fsp3) is 0.200. The van der Waals surface area contributed by atoms with Crippen molar-refractivity contribution in [2.75, 3.05) is 0 Å². The molecule has 0 saturated heterocycles. The number of ketones is 1. The smallest absolute Gasteiger partial charge is 0.194 e. The molecule has 1 aromatic carbocycles. The van der Waals surface area contributed by atoms with Crippen molar-refractivity contribution in [1.29, 1.82) is 0 Å². The second-order valence-corrected chi connectivity index (χ2v) is 4.67. The number of nitrogens with one attached hydrogen (secondary N) is 1. The Morgan fingerprint density at radius 3 is 2.78 bits per heavy atom. The second-order valence-electron chi connectivity index (χ2n) is 4.67. The van der Waals surface area contributed by atoms with E-state index < -0.39 is 0 Å². The number of pyridine rings is 1. The summed E-state index contributed by atoms with van der Waals surface area (Å²) in [7, 11) is 0. The number of fused-ring (bicyclic) bond motifs is 1. The first kappa shape index (κ1) is 11.1. The number of aromatic nitrogens is 1. The highest BCUT2D eigenvalue weighted by Crippen LogP contribution is 2.19. The molecule has 1 aliphatic heterocycles.